The highest BCUT2D eigenvalue weighted by Crippen LogP contribution is 2.25. The molecule has 2 aromatic carbocycles. The SMILES string of the molecule is Cc1ccc(-c2nnc(SCc3csc(CC(=O)Nc4cc(C)ccc4C)n3)n2N)cc1. The predicted octanol–water partition coefficient (Wildman–Crippen LogP) is 4.51. The molecule has 32 heavy (non-hydrogen) atoms. The molecule has 0 aliphatic heterocycles. The Labute approximate surface area is 195 Å². The van der Waals surface area contributed by atoms with Crippen LogP contribution in [-0.4, -0.2) is 25.8 Å². The highest BCUT2D eigenvalue weighted by atomic mass is 32.2. The number of hydrogen-bond acceptors (Lipinski definition) is 7. The number of amides is 1. The first kappa shape index (κ1) is 22.0. The van der Waals surface area contributed by atoms with Gasteiger partial charge in [0.1, 0.15) is 5.01 Å². The molecule has 164 valence electrons. The number of anilines is 1. The Morgan fingerprint density at radius 3 is 2.62 bits per heavy atom. The lowest BCUT2D eigenvalue weighted by molar-refractivity contribution is -0.115. The fourth-order valence-corrected chi connectivity index (χ4v) is 4.76. The number of carbonyl (C=O) groups is 1. The summed E-state index contributed by atoms with van der Waals surface area (Å²) in [5.41, 5.74) is 5.97. The Bertz CT molecular complexity index is 1250. The van der Waals surface area contributed by atoms with Gasteiger partial charge < -0.3 is 11.2 Å². The maximum Gasteiger partial charge on any atom is 0.231 e. The normalized spacial score (nSPS) is 11.0. The summed E-state index contributed by atoms with van der Waals surface area (Å²) >= 11 is 2.94. The molecule has 0 saturated carbocycles. The van der Waals surface area contributed by atoms with Crippen molar-refractivity contribution in [3.05, 3.63) is 75.2 Å². The van der Waals surface area contributed by atoms with Crippen molar-refractivity contribution in [2.75, 3.05) is 11.2 Å². The minimum atomic E-state index is -0.0725. The summed E-state index contributed by atoms with van der Waals surface area (Å²) in [4.78, 5) is 17.0. The molecule has 1 amide bonds. The second-order valence-electron chi connectivity index (χ2n) is 7.61. The zero-order chi connectivity index (χ0) is 22.7. The number of nitrogens with zero attached hydrogens (tertiary/aromatic N) is 4. The number of thiazole rings is 1. The number of rotatable bonds is 7. The second kappa shape index (κ2) is 9.54. The molecule has 0 atom stereocenters. The van der Waals surface area contributed by atoms with E-state index >= 15 is 0 Å². The molecule has 2 heterocycles. The van der Waals surface area contributed by atoms with E-state index in [1.807, 2.05) is 68.6 Å². The lowest BCUT2D eigenvalue weighted by Crippen LogP contribution is -2.15. The molecule has 0 radical (unpaired) electrons. The molecule has 0 spiro atoms. The number of benzene rings is 2. The van der Waals surface area contributed by atoms with E-state index in [9.17, 15) is 4.79 Å². The number of nitrogens with two attached hydrogens (primary N) is 1. The van der Waals surface area contributed by atoms with Crippen molar-refractivity contribution in [1.82, 2.24) is 19.9 Å². The summed E-state index contributed by atoms with van der Waals surface area (Å²) in [5, 5.41) is 14.8. The highest BCUT2D eigenvalue weighted by molar-refractivity contribution is 7.98. The van der Waals surface area contributed by atoms with Crippen molar-refractivity contribution >= 4 is 34.7 Å². The van der Waals surface area contributed by atoms with Gasteiger partial charge >= 0.3 is 0 Å². The van der Waals surface area contributed by atoms with Crippen LogP contribution in [-0.2, 0) is 17.0 Å². The Balaban J connectivity index is 1.35. The van der Waals surface area contributed by atoms with E-state index in [1.54, 1.807) is 0 Å². The van der Waals surface area contributed by atoms with Gasteiger partial charge in [-0.1, -0.05) is 53.7 Å². The van der Waals surface area contributed by atoms with Gasteiger partial charge in [0, 0.05) is 22.4 Å². The largest absolute Gasteiger partial charge is 0.335 e. The van der Waals surface area contributed by atoms with Crippen LogP contribution in [0.5, 0.6) is 0 Å². The topological polar surface area (TPSA) is 98.7 Å². The van der Waals surface area contributed by atoms with Crippen LogP contribution in [0.2, 0.25) is 0 Å². The smallest absolute Gasteiger partial charge is 0.231 e. The molecule has 3 N–H and O–H groups in total. The number of nitrogen functional groups attached to an aromatic ring is 1. The first-order valence-electron chi connectivity index (χ1n) is 10.1. The fourth-order valence-electron chi connectivity index (χ4n) is 3.11. The molecule has 4 aromatic rings. The number of nitrogens with one attached hydrogen (secondary N) is 1. The first-order valence-corrected chi connectivity index (χ1v) is 12.0. The van der Waals surface area contributed by atoms with Crippen LogP contribution in [0.3, 0.4) is 0 Å². The number of aromatic nitrogens is 4. The first-order chi connectivity index (χ1) is 15.4. The fraction of sp³-hybridized carbons (Fsp3) is 0.217. The molecule has 0 unspecified atom stereocenters. The zero-order valence-corrected chi connectivity index (χ0v) is 19.8. The molecule has 0 fully saturated rings. The van der Waals surface area contributed by atoms with Gasteiger partial charge in [-0.2, -0.15) is 0 Å². The van der Waals surface area contributed by atoms with Gasteiger partial charge in [-0.25, -0.2) is 9.66 Å². The molecule has 0 bridgehead atoms. The number of thioether (sulfide) groups is 1. The van der Waals surface area contributed by atoms with Crippen LogP contribution in [0, 0.1) is 20.8 Å². The van der Waals surface area contributed by atoms with Crippen molar-refractivity contribution in [3.63, 3.8) is 0 Å². The van der Waals surface area contributed by atoms with E-state index in [2.05, 4.69) is 20.5 Å². The third-order valence-electron chi connectivity index (χ3n) is 4.90. The van der Waals surface area contributed by atoms with E-state index in [-0.39, 0.29) is 12.3 Å². The summed E-state index contributed by atoms with van der Waals surface area (Å²) in [7, 11) is 0. The van der Waals surface area contributed by atoms with Crippen molar-refractivity contribution in [1.29, 1.82) is 0 Å². The minimum absolute atomic E-state index is 0.0725. The summed E-state index contributed by atoms with van der Waals surface area (Å²) in [6.07, 6.45) is 0.243. The van der Waals surface area contributed by atoms with Crippen molar-refractivity contribution in [3.8, 4) is 11.4 Å². The van der Waals surface area contributed by atoms with Gasteiger partial charge in [0.2, 0.25) is 11.1 Å². The third-order valence-corrected chi connectivity index (χ3v) is 6.78. The zero-order valence-electron chi connectivity index (χ0n) is 18.1. The third kappa shape index (κ3) is 5.17. The monoisotopic (exact) mass is 464 g/mol. The number of carbonyl (C=O) groups excluding carboxylic acids is 1. The second-order valence-corrected chi connectivity index (χ2v) is 9.49. The average molecular weight is 465 g/mol. The molecule has 0 aliphatic rings. The van der Waals surface area contributed by atoms with Gasteiger partial charge in [-0.05, 0) is 38.0 Å². The predicted molar refractivity (Wildman–Crippen MR) is 130 cm³/mol. The maximum atomic E-state index is 12.4. The van der Waals surface area contributed by atoms with Crippen LogP contribution >= 0.6 is 23.1 Å². The van der Waals surface area contributed by atoms with E-state index < -0.39 is 0 Å². The molecular weight excluding hydrogens is 440 g/mol. The molecule has 7 nitrogen and oxygen atoms in total. The minimum Gasteiger partial charge on any atom is -0.335 e. The molecule has 2 aromatic heterocycles. The Morgan fingerprint density at radius 2 is 1.84 bits per heavy atom. The van der Waals surface area contributed by atoms with Gasteiger partial charge in [0.25, 0.3) is 0 Å². The lowest BCUT2D eigenvalue weighted by atomic mass is 10.1. The van der Waals surface area contributed by atoms with Crippen LogP contribution in [0.15, 0.2) is 53.0 Å². The van der Waals surface area contributed by atoms with E-state index in [0.717, 1.165) is 33.1 Å². The highest BCUT2D eigenvalue weighted by Gasteiger charge is 2.14. The average Bonchev–Trinajstić information content (AvgIpc) is 3.36. The number of hydrogen-bond donors (Lipinski definition) is 2. The summed E-state index contributed by atoms with van der Waals surface area (Å²) in [5.74, 6) is 7.35. The van der Waals surface area contributed by atoms with Crippen LogP contribution in [0.25, 0.3) is 11.4 Å². The molecule has 0 aliphatic carbocycles. The van der Waals surface area contributed by atoms with Crippen molar-refractivity contribution in [2.45, 2.75) is 38.1 Å². The van der Waals surface area contributed by atoms with Crippen molar-refractivity contribution in [2.24, 2.45) is 0 Å². The van der Waals surface area contributed by atoms with E-state index in [0.29, 0.717) is 16.7 Å². The van der Waals surface area contributed by atoms with Crippen LogP contribution in [0.1, 0.15) is 27.4 Å². The summed E-state index contributed by atoms with van der Waals surface area (Å²) in [6, 6.07) is 14.0. The van der Waals surface area contributed by atoms with Crippen LogP contribution < -0.4 is 11.2 Å². The maximum absolute atomic E-state index is 12.4. The quantitative estimate of drug-likeness (QED) is 0.308. The van der Waals surface area contributed by atoms with E-state index in [1.165, 1.54) is 33.3 Å². The lowest BCUT2D eigenvalue weighted by Gasteiger charge is -2.08. The summed E-state index contributed by atoms with van der Waals surface area (Å²) < 4.78 is 1.50. The van der Waals surface area contributed by atoms with Crippen molar-refractivity contribution < 1.29 is 4.79 Å². The van der Waals surface area contributed by atoms with Gasteiger partial charge in [-0.3, -0.25) is 4.79 Å². The Hall–Kier alpha value is -3.17. The van der Waals surface area contributed by atoms with Gasteiger partial charge in [0.15, 0.2) is 5.82 Å². The van der Waals surface area contributed by atoms with Gasteiger partial charge in [0.05, 0.1) is 12.1 Å². The Kier molecular flexibility index (Phi) is 6.57. The molecule has 9 heteroatoms. The van der Waals surface area contributed by atoms with E-state index in [4.69, 9.17) is 5.84 Å². The van der Waals surface area contributed by atoms with Gasteiger partial charge in [-0.15, -0.1) is 21.5 Å². The number of aryl methyl sites for hydroxylation is 3. The molecular formula is C23H24N6OS2. The standard InChI is InChI=1S/C23H24N6OS2/c1-14-5-8-17(9-6-14)22-27-28-23(29(22)24)32-13-18-12-31-21(25-18)11-20(30)26-19-10-15(2)4-7-16(19)3/h4-10,12H,11,13,24H2,1-3H3,(H,26,30). The molecule has 4 rings (SSSR count). The molecule has 0 saturated heterocycles. The Morgan fingerprint density at radius 1 is 1.09 bits per heavy atom. The van der Waals surface area contributed by atoms with Crippen LogP contribution in [0.4, 0.5) is 5.69 Å². The summed E-state index contributed by atoms with van der Waals surface area (Å²) in [6.45, 7) is 6.02.